The zero-order valence-electron chi connectivity index (χ0n) is 18.1. The van der Waals surface area contributed by atoms with Gasteiger partial charge in [0.25, 0.3) is 5.56 Å². The van der Waals surface area contributed by atoms with Gasteiger partial charge in [-0.3, -0.25) is 9.59 Å². The maximum atomic E-state index is 13.6. The number of aromatic nitrogens is 7. The number of anilines is 1. The minimum Gasteiger partial charge on any atom is -0.346 e. The summed E-state index contributed by atoms with van der Waals surface area (Å²) >= 11 is 6.32. The highest BCUT2D eigenvalue weighted by Crippen LogP contribution is 2.38. The molecule has 0 aliphatic carbocycles. The molecular weight excluding hydrogens is 456 g/mol. The lowest BCUT2D eigenvalue weighted by Crippen LogP contribution is -2.33. The first-order valence-electron chi connectivity index (χ1n) is 10.9. The molecule has 10 nitrogen and oxygen atoms in total. The number of H-pyrrole nitrogens is 1. The molecule has 0 amide bonds. The van der Waals surface area contributed by atoms with Crippen molar-refractivity contribution in [2.75, 3.05) is 11.4 Å². The molecule has 1 N–H and O–H groups in total. The average molecular weight is 475 g/mol. The van der Waals surface area contributed by atoms with Crippen LogP contribution in [-0.2, 0) is 0 Å². The van der Waals surface area contributed by atoms with Gasteiger partial charge in [0.1, 0.15) is 29.1 Å². The van der Waals surface area contributed by atoms with Crippen LogP contribution >= 0.6 is 11.6 Å². The number of nitrogens with one attached hydrogen (secondary N) is 1. The molecule has 170 valence electrons. The highest BCUT2D eigenvalue weighted by atomic mass is 35.5. The van der Waals surface area contributed by atoms with Gasteiger partial charge >= 0.3 is 0 Å². The summed E-state index contributed by atoms with van der Waals surface area (Å²) in [4.78, 5) is 44.3. The lowest BCUT2D eigenvalue weighted by atomic mass is 10.1. The van der Waals surface area contributed by atoms with E-state index in [1.807, 2.05) is 6.07 Å². The molecule has 0 saturated carbocycles. The van der Waals surface area contributed by atoms with Gasteiger partial charge in [-0.2, -0.15) is 5.10 Å². The Labute approximate surface area is 197 Å². The quantitative estimate of drug-likeness (QED) is 0.397. The number of pyridine rings is 1. The van der Waals surface area contributed by atoms with Crippen molar-refractivity contribution < 1.29 is 4.79 Å². The molecule has 0 spiro atoms. The van der Waals surface area contributed by atoms with Crippen LogP contribution in [0.4, 0.5) is 5.82 Å². The summed E-state index contributed by atoms with van der Waals surface area (Å²) in [6.45, 7) is 2.20. The predicted octanol–water partition coefficient (Wildman–Crippen LogP) is 3.35. The van der Waals surface area contributed by atoms with E-state index in [9.17, 15) is 9.59 Å². The van der Waals surface area contributed by atoms with Gasteiger partial charge in [-0.1, -0.05) is 17.7 Å². The fourth-order valence-corrected chi connectivity index (χ4v) is 4.92. The van der Waals surface area contributed by atoms with Crippen molar-refractivity contribution in [1.29, 1.82) is 0 Å². The van der Waals surface area contributed by atoms with Crippen LogP contribution in [-0.4, -0.2) is 46.4 Å². The Morgan fingerprint density at radius 2 is 2.09 bits per heavy atom. The van der Waals surface area contributed by atoms with Gasteiger partial charge in [-0.15, -0.1) is 0 Å². The third-order valence-corrected chi connectivity index (χ3v) is 6.50. The number of fused-ring (bicyclic) bond motifs is 2. The Morgan fingerprint density at radius 3 is 2.88 bits per heavy atom. The van der Waals surface area contributed by atoms with E-state index in [2.05, 4.69) is 24.8 Å². The van der Waals surface area contributed by atoms with E-state index in [0.717, 1.165) is 12.8 Å². The Bertz CT molecular complexity index is 1620. The van der Waals surface area contributed by atoms with Crippen molar-refractivity contribution >= 4 is 39.8 Å². The van der Waals surface area contributed by atoms with Crippen molar-refractivity contribution in [2.45, 2.75) is 25.8 Å². The van der Waals surface area contributed by atoms with E-state index < -0.39 is 0 Å². The van der Waals surface area contributed by atoms with Gasteiger partial charge < -0.3 is 9.88 Å². The van der Waals surface area contributed by atoms with E-state index in [0.29, 0.717) is 45.6 Å². The minimum absolute atomic E-state index is 0.0787. The van der Waals surface area contributed by atoms with Crippen LogP contribution in [0.2, 0.25) is 5.02 Å². The van der Waals surface area contributed by atoms with Crippen LogP contribution in [0.3, 0.4) is 0 Å². The van der Waals surface area contributed by atoms with Crippen molar-refractivity contribution in [1.82, 2.24) is 34.1 Å². The average Bonchev–Trinajstić information content (AvgIpc) is 3.57. The molecule has 6 rings (SSSR count). The predicted molar refractivity (Wildman–Crippen MR) is 127 cm³/mol. The van der Waals surface area contributed by atoms with Crippen molar-refractivity contribution in [3.8, 4) is 5.82 Å². The van der Waals surface area contributed by atoms with Crippen LogP contribution in [0.25, 0.3) is 22.4 Å². The topological polar surface area (TPSA) is 114 Å². The minimum atomic E-state index is -0.301. The largest absolute Gasteiger partial charge is 0.346 e. The molecule has 1 saturated heterocycles. The summed E-state index contributed by atoms with van der Waals surface area (Å²) in [5.41, 5.74) is 1.10. The lowest BCUT2D eigenvalue weighted by Gasteiger charge is -2.27. The molecule has 5 aromatic heterocycles. The van der Waals surface area contributed by atoms with Gasteiger partial charge in [-0.25, -0.2) is 24.0 Å². The second kappa shape index (κ2) is 7.77. The number of aromatic amines is 1. The normalized spacial score (nSPS) is 16.1. The second-order valence-corrected chi connectivity index (χ2v) is 8.58. The number of carbonyl (C=O) groups is 1. The Balaban J connectivity index is 1.60. The maximum absolute atomic E-state index is 13.6. The third kappa shape index (κ3) is 3.02. The summed E-state index contributed by atoms with van der Waals surface area (Å²) in [5, 5.41) is 5.80. The zero-order valence-corrected chi connectivity index (χ0v) is 18.9. The number of nitrogens with zero attached hydrogens (tertiary/aromatic N) is 7. The molecule has 1 aliphatic rings. The molecule has 34 heavy (non-hydrogen) atoms. The molecule has 0 radical (unpaired) electrons. The highest BCUT2D eigenvalue weighted by molar-refractivity contribution is 6.33. The molecule has 1 fully saturated rings. The standard InChI is InChI=1S/C23H19ClN8O2/c1-13(33)14-11-26-20-18(14)22(28-12-27-20)30-9-4-5-16(30)21-29-31-10-7-15(24)19(31)23(34)32(21)17-6-2-3-8-25-17/h2-3,6-8,10-12,16H,4-5,9H2,1H3,(H,26,27,28). The van der Waals surface area contributed by atoms with Crippen LogP contribution in [0.15, 0.2) is 54.0 Å². The SMILES string of the molecule is CC(=O)c1c[nH]c2ncnc(N3CCCC3c3nn4ccc(Cl)c4c(=O)n3-c3ccccn3)c12. The first-order valence-corrected chi connectivity index (χ1v) is 11.2. The molecule has 0 aromatic carbocycles. The fourth-order valence-electron chi connectivity index (χ4n) is 4.70. The second-order valence-electron chi connectivity index (χ2n) is 8.17. The summed E-state index contributed by atoms with van der Waals surface area (Å²) in [6, 6.07) is 6.74. The molecule has 6 heterocycles. The van der Waals surface area contributed by atoms with Crippen LogP contribution in [0.5, 0.6) is 0 Å². The zero-order chi connectivity index (χ0) is 23.4. The van der Waals surface area contributed by atoms with Crippen LogP contribution < -0.4 is 10.5 Å². The first kappa shape index (κ1) is 20.5. The monoisotopic (exact) mass is 474 g/mol. The fraction of sp³-hybridized carbons (Fsp3) is 0.217. The Hall–Kier alpha value is -4.05. The molecular formula is C23H19ClN8O2. The van der Waals surface area contributed by atoms with E-state index in [-0.39, 0.29) is 22.9 Å². The van der Waals surface area contributed by atoms with Crippen molar-refractivity contribution in [2.24, 2.45) is 0 Å². The smallest absolute Gasteiger partial charge is 0.285 e. The van der Waals surface area contributed by atoms with E-state index in [1.54, 1.807) is 36.8 Å². The van der Waals surface area contributed by atoms with Crippen LogP contribution in [0, 0.1) is 0 Å². The number of hydrogen-bond donors (Lipinski definition) is 1. The Kier molecular flexibility index (Phi) is 4.70. The number of ketones is 1. The number of halogens is 1. The first-order chi connectivity index (χ1) is 16.5. The van der Waals surface area contributed by atoms with E-state index >= 15 is 0 Å². The molecule has 0 bridgehead atoms. The van der Waals surface area contributed by atoms with Gasteiger partial charge in [0, 0.05) is 30.7 Å². The van der Waals surface area contributed by atoms with E-state index in [1.165, 1.54) is 22.3 Å². The maximum Gasteiger partial charge on any atom is 0.285 e. The number of carbonyl (C=O) groups excluding carboxylic acids is 1. The van der Waals surface area contributed by atoms with Crippen LogP contribution in [0.1, 0.15) is 42.0 Å². The lowest BCUT2D eigenvalue weighted by molar-refractivity contribution is 0.101. The van der Waals surface area contributed by atoms with Crippen molar-refractivity contribution in [3.63, 3.8) is 0 Å². The summed E-state index contributed by atoms with van der Waals surface area (Å²) in [6.07, 6.45) is 8.04. The highest BCUT2D eigenvalue weighted by Gasteiger charge is 2.34. The van der Waals surface area contributed by atoms with Gasteiger partial charge in [0.15, 0.2) is 11.6 Å². The third-order valence-electron chi connectivity index (χ3n) is 6.19. The van der Waals surface area contributed by atoms with Gasteiger partial charge in [-0.05, 0) is 38.0 Å². The summed E-state index contributed by atoms with van der Waals surface area (Å²) < 4.78 is 3.04. The molecule has 1 atom stereocenters. The van der Waals surface area contributed by atoms with Crippen molar-refractivity contribution in [3.05, 3.63) is 75.9 Å². The van der Waals surface area contributed by atoms with Gasteiger partial charge in [0.2, 0.25) is 0 Å². The molecule has 1 aliphatic heterocycles. The molecule has 1 unspecified atom stereocenters. The molecule has 11 heteroatoms. The van der Waals surface area contributed by atoms with Gasteiger partial charge in [0.05, 0.1) is 16.5 Å². The molecule has 5 aromatic rings. The number of rotatable bonds is 4. The summed E-state index contributed by atoms with van der Waals surface area (Å²) in [5.74, 6) is 1.53. The van der Waals surface area contributed by atoms with E-state index in [4.69, 9.17) is 16.7 Å². The Morgan fingerprint density at radius 1 is 1.21 bits per heavy atom. The number of Topliss-reactive ketones (excluding diaryl/α,β-unsaturated/α-hetero) is 1. The summed E-state index contributed by atoms with van der Waals surface area (Å²) in [7, 11) is 0. The number of hydrogen-bond acceptors (Lipinski definition) is 7.